The number of aromatic nitrogens is 4. The Morgan fingerprint density at radius 1 is 1.00 bits per heavy atom. The van der Waals surface area contributed by atoms with Gasteiger partial charge in [0.15, 0.2) is 0 Å². The van der Waals surface area contributed by atoms with E-state index in [0.717, 1.165) is 58.8 Å². The van der Waals surface area contributed by atoms with E-state index in [4.69, 9.17) is 9.40 Å². The quantitative estimate of drug-likeness (QED) is 0.543. The molecule has 0 fully saturated rings. The number of rotatable bonds is 2. The summed E-state index contributed by atoms with van der Waals surface area (Å²) in [6.07, 6.45) is 8.06. The van der Waals surface area contributed by atoms with Gasteiger partial charge in [0, 0.05) is 60.0 Å². The third-order valence-electron chi connectivity index (χ3n) is 5.12. The lowest BCUT2D eigenvalue weighted by Gasteiger charge is -2.29. The van der Waals surface area contributed by atoms with E-state index in [1.165, 1.54) is 5.56 Å². The van der Waals surface area contributed by atoms with Gasteiger partial charge in [-0.3, -0.25) is 9.97 Å². The molecule has 1 aliphatic rings. The summed E-state index contributed by atoms with van der Waals surface area (Å²) >= 11 is 0. The van der Waals surface area contributed by atoms with Gasteiger partial charge < -0.3 is 9.32 Å². The van der Waals surface area contributed by atoms with E-state index in [1.807, 2.05) is 32.3 Å². The van der Waals surface area contributed by atoms with Crippen LogP contribution in [0, 0.1) is 13.8 Å². The van der Waals surface area contributed by atoms with Gasteiger partial charge in [-0.1, -0.05) is 6.07 Å². The molecular weight excluding hydrogens is 338 g/mol. The van der Waals surface area contributed by atoms with Crippen molar-refractivity contribution in [2.45, 2.75) is 26.8 Å². The summed E-state index contributed by atoms with van der Waals surface area (Å²) in [5, 5.41) is 0.993. The highest BCUT2D eigenvalue weighted by atomic mass is 16.3. The number of aryl methyl sites for hydroxylation is 2. The molecule has 0 saturated heterocycles. The number of hydrogen-bond acceptors (Lipinski definition) is 6. The smallest absolute Gasteiger partial charge is 0.231 e. The summed E-state index contributed by atoms with van der Waals surface area (Å²) < 4.78 is 5.54. The van der Waals surface area contributed by atoms with Crippen molar-refractivity contribution < 1.29 is 4.42 Å². The first kappa shape index (κ1) is 15.9. The van der Waals surface area contributed by atoms with Gasteiger partial charge in [0.25, 0.3) is 0 Å². The molecule has 0 saturated carbocycles. The molecule has 0 N–H and O–H groups in total. The predicted octanol–water partition coefficient (Wildman–Crippen LogP) is 3.86. The average Bonchev–Trinajstić information content (AvgIpc) is 3.09. The van der Waals surface area contributed by atoms with Gasteiger partial charge in [0.05, 0.1) is 11.6 Å². The molecule has 134 valence electrons. The zero-order chi connectivity index (χ0) is 18.4. The Morgan fingerprint density at radius 2 is 1.89 bits per heavy atom. The van der Waals surface area contributed by atoms with Crippen molar-refractivity contribution in [3.8, 4) is 11.1 Å². The van der Waals surface area contributed by atoms with Crippen molar-refractivity contribution >= 4 is 16.9 Å². The van der Waals surface area contributed by atoms with E-state index < -0.39 is 0 Å². The van der Waals surface area contributed by atoms with Crippen molar-refractivity contribution in [2.24, 2.45) is 0 Å². The SMILES string of the molecule is Cc1ccc(-c2cnc3c(c2)CN(c2ncnc4occ(C)c24)CC3)cn1. The second-order valence-corrected chi connectivity index (χ2v) is 6.99. The summed E-state index contributed by atoms with van der Waals surface area (Å²) in [5.74, 6) is 0.930. The molecule has 0 aliphatic carbocycles. The van der Waals surface area contributed by atoms with Crippen molar-refractivity contribution in [3.63, 3.8) is 0 Å². The molecule has 0 aromatic carbocycles. The van der Waals surface area contributed by atoms with Crippen molar-refractivity contribution in [2.75, 3.05) is 11.4 Å². The van der Waals surface area contributed by atoms with E-state index in [9.17, 15) is 0 Å². The van der Waals surface area contributed by atoms with Crippen LogP contribution in [0.15, 0.2) is 47.6 Å². The van der Waals surface area contributed by atoms with Gasteiger partial charge in [-0.05, 0) is 31.5 Å². The first-order valence-electron chi connectivity index (χ1n) is 9.03. The van der Waals surface area contributed by atoms with Gasteiger partial charge in [0.2, 0.25) is 5.71 Å². The molecule has 0 atom stereocenters. The summed E-state index contributed by atoms with van der Waals surface area (Å²) in [5.41, 5.74) is 7.28. The first-order chi connectivity index (χ1) is 13.2. The first-order valence-corrected chi connectivity index (χ1v) is 9.03. The summed E-state index contributed by atoms with van der Waals surface area (Å²) in [7, 11) is 0. The topological polar surface area (TPSA) is 67.9 Å². The van der Waals surface area contributed by atoms with Gasteiger partial charge in [-0.25, -0.2) is 9.97 Å². The van der Waals surface area contributed by atoms with Crippen LogP contribution in [-0.4, -0.2) is 26.5 Å². The van der Waals surface area contributed by atoms with Crippen molar-refractivity contribution in [1.82, 2.24) is 19.9 Å². The number of furan rings is 1. The normalized spacial score (nSPS) is 13.8. The highest BCUT2D eigenvalue weighted by Crippen LogP contribution is 2.31. The lowest BCUT2D eigenvalue weighted by atomic mass is 10.0. The lowest BCUT2D eigenvalue weighted by molar-refractivity contribution is 0.599. The summed E-state index contributed by atoms with van der Waals surface area (Å²) in [6, 6.07) is 6.34. The third-order valence-corrected chi connectivity index (χ3v) is 5.12. The largest absolute Gasteiger partial charge is 0.446 e. The van der Waals surface area contributed by atoms with Crippen LogP contribution in [0.2, 0.25) is 0 Å². The Hall–Kier alpha value is -3.28. The fourth-order valence-corrected chi connectivity index (χ4v) is 3.64. The van der Waals surface area contributed by atoms with E-state index in [0.29, 0.717) is 5.71 Å². The fraction of sp³-hybridized carbons (Fsp3) is 0.238. The van der Waals surface area contributed by atoms with Crippen LogP contribution < -0.4 is 4.90 Å². The highest BCUT2D eigenvalue weighted by Gasteiger charge is 2.22. The summed E-state index contributed by atoms with van der Waals surface area (Å²) in [6.45, 7) is 5.67. The van der Waals surface area contributed by atoms with Crippen LogP contribution >= 0.6 is 0 Å². The monoisotopic (exact) mass is 357 g/mol. The minimum absolute atomic E-state index is 0.640. The fourth-order valence-electron chi connectivity index (χ4n) is 3.64. The standard InChI is InChI=1S/C21H19N5O/c1-13-11-27-21-19(13)20(24-12-25-21)26-6-5-18-17(10-26)7-16(9-23-18)15-4-3-14(2)22-8-15/h3-4,7-9,11-12H,5-6,10H2,1-2H3. The van der Waals surface area contributed by atoms with E-state index >= 15 is 0 Å². The zero-order valence-electron chi connectivity index (χ0n) is 15.3. The molecule has 0 bridgehead atoms. The van der Waals surface area contributed by atoms with E-state index in [2.05, 4.69) is 32.0 Å². The molecular formula is C21H19N5O. The zero-order valence-corrected chi connectivity index (χ0v) is 15.3. The van der Waals surface area contributed by atoms with E-state index in [1.54, 1.807) is 12.6 Å². The molecule has 0 unspecified atom stereocenters. The maximum atomic E-state index is 5.54. The van der Waals surface area contributed by atoms with Crippen LogP contribution in [0.3, 0.4) is 0 Å². The minimum Gasteiger partial charge on any atom is -0.446 e. The molecule has 0 spiro atoms. The maximum absolute atomic E-state index is 5.54. The van der Waals surface area contributed by atoms with Gasteiger partial charge in [0.1, 0.15) is 12.1 Å². The molecule has 4 aromatic heterocycles. The maximum Gasteiger partial charge on any atom is 0.231 e. The molecule has 5 rings (SSSR count). The average molecular weight is 357 g/mol. The Balaban J connectivity index is 1.52. The van der Waals surface area contributed by atoms with Gasteiger partial charge >= 0.3 is 0 Å². The molecule has 6 heteroatoms. The van der Waals surface area contributed by atoms with Gasteiger partial charge in [-0.2, -0.15) is 0 Å². The third kappa shape index (κ3) is 2.73. The number of fused-ring (bicyclic) bond motifs is 2. The second kappa shape index (κ2) is 6.16. The molecule has 5 heterocycles. The molecule has 0 amide bonds. The Labute approximate surface area is 156 Å². The Morgan fingerprint density at radius 3 is 2.74 bits per heavy atom. The molecule has 4 aromatic rings. The van der Waals surface area contributed by atoms with Crippen molar-refractivity contribution in [1.29, 1.82) is 0 Å². The molecule has 1 aliphatic heterocycles. The second-order valence-electron chi connectivity index (χ2n) is 6.99. The molecule has 0 radical (unpaired) electrons. The van der Waals surface area contributed by atoms with Gasteiger partial charge in [-0.15, -0.1) is 0 Å². The number of hydrogen-bond donors (Lipinski definition) is 0. The van der Waals surface area contributed by atoms with Crippen LogP contribution in [0.4, 0.5) is 5.82 Å². The number of pyridine rings is 2. The van der Waals surface area contributed by atoms with Crippen LogP contribution in [0.25, 0.3) is 22.2 Å². The van der Waals surface area contributed by atoms with Crippen LogP contribution in [-0.2, 0) is 13.0 Å². The Bertz CT molecular complexity index is 1130. The Kier molecular flexibility index (Phi) is 3.63. The van der Waals surface area contributed by atoms with E-state index in [-0.39, 0.29) is 0 Å². The molecule has 6 nitrogen and oxygen atoms in total. The molecule has 27 heavy (non-hydrogen) atoms. The summed E-state index contributed by atoms with van der Waals surface area (Å²) in [4.78, 5) is 20.2. The van der Waals surface area contributed by atoms with Crippen LogP contribution in [0.1, 0.15) is 22.5 Å². The minimum atomic E-state index is 0.640. The lowest BCUT2D eigenvalue weighted by Crippen LogP contribution is -2.31. The number of nitrogens with zero attached hydrogens (tertiary/aromatic N) is 5. The highest BCUT2D eigenvalue weighted by molar-refractivity contribution is 5.89. The van der Waals surface area contributed by atoms with Crippen molar-refractivity contribution in [3.05, 3.63) is 65.7 Å². The van der Waals surface area contributed by atoms with Crippen LogP contribution in [0.5, 0.6) is 0 Å². The number of anilines is 1. The predicted molar refractivity (Wildman–Crippen MR) is 104 cm³/mol.